The second-order valence-corrected chi connectivity index (χ2v) is 9.43. The number of rotatable bonds is 2. The van der Waals surface area contributed by atoms with Gasteiger partial charge in [-0.2, -0.15) is 5.57 Å². The predicted molar refractivity (Wildman–Crippen MR) is 112 cm³/mol. The predicted octanol–water partition coefficient (Wildman–Crippen LogP) is 6.25. The first-order chi connectivity index (χ1) is 10.5. The summed E-state index contributed by atoms with van der Waals surface area (Å²) >= 11 is 0. The van der Waals surface area contributed by atoms with Crippen LogP contribution < -0.4 is 0 Å². The van der Waals surface area contributed by atoms with Gasteiger partial charge in [0.05, 0.1) is 0 Å². The van der Waals surface area contributed by atoms with Gasteiger partial charge in [0.1, 0.15) is 0 Å². The molecule has 0 saturated heterocycles. The maximum absolute atomic E-state index is 3.64. The van der Waals surface area contributed by atoms with Crippen LogP contribution in [0.3, 0.4) is 0 Å². The summed E-state index contributed by atoms with van der Waals surface area (Å²) in [4.78, 5) is 0. The molecule has 0 bridgehead atoms. The molecule has 3 rings (SSSR count). The van der Waals surface area contributed by atoms with E-state index in [4.69, 9.17) is 0 Å². The maximum Gasteiger partial charge on any atom is 0 e. The van der Waals surface area contributed by atoms with E-state index in [1.807, 2.05) is 0 Å². The fraction of sp³-hybridized carbons (Fsp3) is 0.348. The first-order valence-electron chi connectivity index (χ1n) is 8.22. The number of allylic oxidation sites excluding steroid dienone is 12. The van der Waals surface area contributed by atoms with E-state index in [0.717, 1.165) is 12.8 Å². The van der Waals surface area contributed by atoms with Crippen molar-refractivity contribution in [3.05, 3.63) is 84.2 Å². The molecular formula is C23H31HfSi-3. The average molecular weight is 514 g/mol. The molecule has 3 aliphatic carbocycles. The summed E-state index contributed by atoms with van der Waals surface area (Å²) in [6.45, 7) is 11.5. The van der Waals surface area contributed by atoms with Gasteiger partial charge in [-0.3, -0.25) is 0 Å². The van der Waals surface area contributed by atoms with Crippen LogP contribution in [0, 0.1) is 26.8 Å². The molecule has 0 spiro atoms. The molecule has 1 atom stereocenters. The molecule has 0 amide bonds. The Hall–Kier alpha value is -0.603. The van der Waals surface area contributed by atoms with Crippen LogP contribution in [-0.2, 0) is 25.8 Å². The molecule has 0 aromatic rings. The van der Waals surface area contributed by atoms with Gasteiger partial charge in [0.15, 0.2) is 0 Å². The van der Waals surface area contributed by atoms with Gasteiger partial charge in [0, 0.05) is 25.8 Å². The van der Waals surface area contributed by atoms with Crippen LogP contribution in [0.25, 0.3) is 0 Å². The van der Waals surface area contributed by atoms with E-state index >= 15 is 0 Å². The molecule has 0 aromatic heterocycles. The van der Waals surface area contributed by atoms with Crippen LogP contribution in [0.15, 0.2) is 63.3 Å². The third kappa shape index (κ3) is 4.98. The molecule has 1 unspecified atom stereocenters. The monoisotopic (exact) mass is 515 g/mol. The largest absolute Gasteiger partial charge is 0.358 e. The Morgan fingerprint density at radius 1 is 1.16 bits per heavy atom. The van der Waals surface area contributed by atoms with Gasteiger partial charge in [-0.05, 0) is 41.0 Å². The summed E-state index contributed by atoms with van der Waals surface area (Å²) in [5, 5.41) is 0. The molecule has 3 aliphatic rings. The van der Waals surface area contributed by atoms with Crippen molar-refractivity contribution in [3.8, 4) is 0 Å². The second-order valence-electron chi connectivity index (χ2n) is 6.94. The van der Waals surface area contributed by atoms with Crippen molar-refractivity contribution in [3.63, 3.8) is 0 Å². The quantitative estimate of drug-likeness (QED) is 0.302. The van der Waals surface area contributed by atoms with Gasteiger partial charge in [-0.15, -0.1) is 40.6 Å². The van der Waals surface area contributed by atoms with E-state index < -0.39 is 0 Å². The van der Waals surface area contributed by atoms with Crippen molar-refractivity contribution in [2.75, 3.05) is 0 Å². The van der Waals surface area contributed by atoms with Gasteiger partial charge < -0.3 is 14.9 Å². The van der Waals surface area contributed by atoms with Crippen molar-refractivity contribution in [1.29, 1.82) is 0 Å². The standard InChI is InChI=1S/C21H25Si.2CH3.Hf/c1-14-10-19(11-15(14)2)20-16(3)12-17-8-6-7-9-18(21(17)20)13-22(4)5;;;/h6-8,10,13,18H,9,11H2,1-5H3;2*1H3;/q3*-1;. The molecule has 25 heavy (non-hydrogen) atoms. The van der Waals surface area contributed by atoms with Gasteiger partial charge in [-0.25, -0.2) is 0 Å². The maximum atomic E-state index is 3.64. The molecule has 2 heteroatoms. The summed E-state index contributed by atoms with van der Waals surface area (Å²) in [6.07, 6.45) is 15.0. The van der Waals surface area contributed by atoms with Crippen LogP contribution in [-0.4, -0.2) is 14.1 Å². The van der Waals surface area contributed by atoms with E-state index in [-0.39, 0.29) is 49.1 Å². The Labute approximate surface area is 176 Å². The average Bonchev–Trinajstić information content (AvgIpc) is 2.86. The number of fused-ring (bicyclic) bond motifs is 1. The summed E-state index contributed by atoms with van der Waals surface area (Å²) in [7, 11) is -0.359. The second kappa shape index (κ2) is 9.92. The van der Waals surface area contributed by atoms with Crippen molar-refractivity contribution in [2.24, 2.45) is 5.92 Å². The minimum absolute atomic E-state index is 0. The minimum atomic E-state index is -0.359. The normalized spacial score (nSPS) is 21.2. The molecule has 0 saturated carbocycles. The Balaban J connectivity index is 0.00000192. The van der Waals surface area contributed by atoms with Crippen LogP contribution in [0.2, 0.25) is 13.1 Å². The summed E-state index contributed by atoms with van der Waals surface area (Å²) in [6, 6.07) is 0. The van der Waals surface area contributed by atoms with E-state index in [9.17, 15) is 0 Å². The van der Waals surface area contributed by atoms with Crippen LogP contribution >= 0.6 is 0 Å². The van der Waals surface area contributed by atoms with Crippen molar-refractivity contribution < 1.29 is 25.8 Å². The van der Waals surface area contributed by atoms with Gasteiger partial charge >= 0.3 is 0 Å². The van der Waals surface area contributed by atoms with E-state index in [0.29, 0.717) is 5.92 Å². The fourth-order valence-corrected chi connectivity index (χ4v) is 4.79. The third-order valence-corrected chi connectivity index (χ3v) is 5.86. The van der Waals surface area contributed by atoms with E-state index in [1.54, 1.807) is 0 Å². The zero-order valence-corrected chi connectivity index (χ0v) is 21.5. The van der Waals surface area contributed by atoms with Crippen molar-refractivity contribution in [2.45, 2.75) is 46.7 Å². The summed E-state index contributed by atoms with van der Waals surface area (Å²) in [5.41, 5.74) is 12.7. The Morgan fingerprint density at radius 3 is 2.40 bits per heavy atom. The first-order valence-corrected chi connectivity index (χ1v) is 10.8. The molecule has 0 heterocycles. The molecule has 0 radical (unpaired) electrons. The molecule has 0 N–H and O–H groups in total. The van der Waals surface area contributed by atoms with Crippen LogP contribution in [0.1, 0.15) is 33.6 Å². The smallest absolute Gasteiger partial charge is 0 e. The number of hydrogen-bond acceptors (Lipinski definition) is 0. The fourth-order valence-electron chi connectivity index (χ4n) is 3.68. The Morgan fingerprint density at radius 2 is 1.84 bits per heavy atom. The molecule has 0 fully saturated rings. The topological polar surface area (TPSA) is 0 Å². The molecule has 134 valence electrons. The molecule has 0 nitrogen and oxygen atoms in total. The summed E-state index contributed by atoms with van der Waals surface area (Å²) in [5.74, 6) is 0.552. The van der Waals surface area contributed by atoms with Crippen LogP contribution in [0.4, 0.5) is 0 Å². The zero-order chi connectivity index (χ0) is 15.9. The van der Waals surface area contributed by atoms with E-state index in [1.165, 1.54) is 39.0 Å². The first kappa shape index (κ1) is 24.4. The molecular weight excluding hydrogens is 483 g/mol. The summed E-state index contributed by atoms with van der Waals surface area (Å²) < 4.78 is 0. The number of hydrogen-bond donors (Lipinski definition) is 0. The van der Waals surface area contributed by atoms with Gasteiger partial charge in [-0.1, -0.05) is 48.9 Å². The van der Waals surface area contributed by atoms with Crippen LogP contribution in [0.5, 0.6) is 0 Å². The zero-order valence-electron chi connectivity index (χ0n) is 16.9. The molecule has 0 aliphatic heterocycles. The molecule has 0 aromatic carbocycles. The Bertz CT molecular complexity index is 732. The van der Waals surface area contributed by atoms with Gasteiger partial charge in [0.2, 0.25) is 0 Å². The van der Waals surface area contributed by atoms with Crippen molar-refractivity contribution in [1.82, 2.24) is 0 Å². The Kier molecular flexibility index (Phi) is 9.68. The van der Waals surface area contributed by atoms with Crippen molar-refractivity contribution >= 4 is 14.1 Å². The third-order valence-electron chi connectivity index (χ3n) is 4.79. The van der Waals surface area contributed by atoms with E-state index in [2.05, 4.69) is 69.9 Å². The SMILES string of the molecule is CC1=[C-]C2=CC=CCC(C=[Si](C)C)C2=C1C1=CC(C)=C(C)C1.[CH3-].[CH3-].[Hf]. The minimum Gasteiger partial charge on any atom is -0.358 e. The van der Waals surface area contributed by atoms with Gasteiger partial charge in [0.25, 0.3) is 0 Å².